The molecule has 0 aliphatic carbocycles. The molecule has 1 aromatic carbocycles. The molecular weight excluding hydrogens is 429 g/mol. The van der Waals surface area contributed by atoms with Crippen LogP contribution in [0.25, 0.3) is 0 Å². The van der Waals surface area contributed by atoms with E-state index < -0.39 is 0 Å². The Hall–Kier alpha value is 0.633. The number of esters is 1. The van der Waals surface area contributed by atoms with Crippen LogP contribution in [0.1, 0.15) is 50.5 Å². The molecule has 0 aromatic heterocycles. The van der Waals surface area contributed by atoms with Gasteiger partial charge in [-0.3, -0.25) is 11.6 Å². The van der Waals surface area contributed by atoms with Crippen LogP contribution >= 0.6 is 0 Å². The first kappa shape index (κ1) is 30.5. The van der Waals surface area contributed by atoms with Crippen molar-refractivity contribution in [2.45, 2.75) is 47.6 Å². The van der Waals surface area contributed by atoms with Crippen molar-refractivity contribution in [3.05, 3.63) is 40.7 Å². The first-order chi connectivity index (χ1) is 9.22. The molecule has 0 saturated carbocycles. The molecule has 22 heavy (non-hydrogen) atoms. The number of hydrogen-bond acceptors (Lipinski definition) is 3. The molecule has 1 atom stereocenters. The molecule has 1 aromatic rings. The van der Waals surface area contributed by atoms with Crippen molar-refractivity contribution in [1.82, 2.24) is 0 Å². The van der Waals surface area contributed by atoms with Crippen molar-refractivity contribution in [3.63, 3.8) is 0 Å². The fourth-order valence-corrected chi connectivity index (χ4v) is 1.48. The number of aryl methyl sites for hydroxylation is 2. The van der Waals surface area contributed by atoms with E-state index in [2.05, 4.69) is 12.9 Å². The van der Waals surface area contributed by atoms with Crippen LogP contribution in [-0.2, 0) is 79.7 Å². The summed E-state index contributed by atoms with van der Waals surface area (Å²) >= 11 is 0. The normalized spacial score (nSPS) is 9.59. The molecule has 0 fully saturated rings. The number of hydrogen-bond donors (Lipinski definition) is 0. The van der Waals surface area contributed by atoms with E-state index in [4.69, 9.17) is 17.4 Å². The fourth-order valence-electron chi connectivity index (χ4n) is 1.48. The average molecular weight is 451 g/mol. The standard InChI is InChI=1S/C12H15O2.C3H6B.CHO.2Y/c1-8-5-9(2)7-12(6-8)10(3)14-11(4)13;1-3(2)4;1-2;;/h6-7,10H,1-4H3;1-2H3;1H;;/q3*-1;;. The molecule has 4 radical (unpaired) electrons. The molecule has 0 aliphatic rings. The van der Waals surface area contributed by atoms with E-state index in [0.717, 1.165) is 22.5 Å². The predicted molar refractivity (Wildman–Crippen MR) is 82.0 cm³/mol. The molecule has 1 unspecified atom stereocenters. The monoisotopic (exact) mass is 451 g/mol. The van der Waals surface area contributed by atoms with Gasteiger partial charge in [0.25, 0.3) is 0 Å². The number of rotatable bonds is 2. The fraction of sp³-hybridized carbons (Fsp3) is 0.438. The van der Waals surface area contributed by atoms with Gasteiger partial charge in [-0.05, 0) is 6.92 Å². The van der Waals surface area contributed by atoms with Crippen LogP contribution in [0.15, 0.2) is 12.1 Å². The number of benzene rings is 1. The van der Waals surface area contributed by atoms with Gasteiger partial charge in [0, 0.05) is 72.3 Å². The maximum absolute atomic E-state index is 10.8. The van der Waals surface area contributed by atoms with E-state index in [1.165, 1.54) is 6.92 Å². The Morgan fingerprint density at radius 1 is 1.23 bits per heavy atom. The second-order valence-corrected chi connectivity index (χ2v) is 4.61. The minimum absolute atomic E-state index is 0. The summed E-state index contributed by atoms with van der Waals surface area (Å²) in [6, 6.07) is 7.15. The van der Waals surface area contributed by atoms with Crippen LogP contribution in [0.2, 0.25) is 0 Å². The Bertz CT molecular complexity index is 389. The van der Waals surface area contributed by atoms with Crippen molar-refractivity contribution in [3.8, 4) is 0 Å². The van der Waals surface area contributed by atoms with E-state index in [0.29, 0.717) is 0 Å². The molecule has 0 heterocycles. The number of ether oxygens (including phenoxy) is 1. The minimum Gasteiger partial charge on any atom is -0.545 e. The van der Waals surface area contributed by atoms with Crippen molar-refractivity contribution in [2.24, 2.45) is 0 Å². The van der Waals surface area contributed by atoms with Crippen molar-refractivity contribution < 1.29 is 79.7 Å². The molecule has 3 nitrogen and oxygen atoms in total. The van der Waals surface area contributed by atoms with Gasteiger partial charge in [0.2, 0.25) is 0 Å². The molecule has 116 valence electrons. The Kier molecular flexibility index (Phi) is 24.9. The zero-order chi connectivity index (χ0) is 16.3. The number of carbonyl (C=O) groups excluding carboxylic acids is 2. The van der Waals surface area contributed by atoms with Gasteiger partial charge in [0.1, 0.15) is 6.10 Å². The van der Waals surface area contributed by atoms with Gasteiger partial charge in [-0.25, -0.2) is 0 Å². The van der Waals surface area contributed by atoms with E-state index in [1.807, 2.05) is 46.8 Å². The smallest absolute Gasteiger partial charge is 0.303 e. The molecule has 0 bridgehead atoms. The third kappa shape index (κ3) is 18.7. The molecule has 0 amide bonds. The molecular formula is C16H22BO3Y2-3. The second-order valence-electron chi connectivity index (χ2n) is 4.61. The van der Waals surface area contributed by atoms with E-state index >= 15 is 0 Å². The quantitative estimate of drug-likeness (QED) is 0.301. The summed E-state index contributed by atoms with van der Waals surface area (Å²) < 4.78 is 5.09. The van der Waals surface area contributed by atoms with E-state index in [1.54, 1.807) is 0 Å². The summed E-state index contributed by atoms with van der Waals surface area (Å²) in [5.74, 6) is 0.667. The summed E-state index contributed by atoms with van der Waals surface area (Å²) in [5.41, 5.74) is 3.16. The zero-order valence-electron chi connectivity index (χ0n) is 14.3. The van der Waals surface area contributed by atoms with Gasteiger partial charge in [0.05, 0.1) is 0 Å². The Balaban J connectivity index is -0.000000177. The molecule has 1 rings (SSSR count). The topological polar surface area (TPSA) is 43.4 Å². The van der Waals surface area contributed by atoms with Gasteiger partial charge in [-0.1, -0.05) is 13.8 Å². The third-order valence-electron chi connectivity index (χ3n) is 1.97. The first-order valence-corrected chi connectivity index (χ1v) is 6.19. The van der Waals surface area contributed by atoms with Crippen LogP contribution < -0.4 is 0 Å². The Labute approximate surface area is 186 Å². The SMILES string of the molecule is CC(=O)OC(C)c1cc(C)[c-]c(C)c1.[B][C-](C)C.[CH-]=O.[Y].[Y]. The maximum atomic E-state index is 10.8. The zero-order valence-corrected chi connectivity index (χ0v) is 19.9. The van der Waals surface area contributed by atoms with Gasteiger partial charge in [-0.15, -0.1) is 5.56 Å². The first-order valence-electron chi connectivity index (χ1n) is 6.19. The van der Waals surface area contributed by atoms with Gasteiger partial charge < -0.3 is 15.3 Å². The molecule has 0 N–H and O–H groups in total. The Morgan fingerprint density at radius 3 is 1.82 bits per heavy atom. The summed E-state index contributed by atoms with van der Waals surface area (Å²) in [5, 5.41) is 0. The molecule has 0 aliphatic heterocycles. The van der Waals surface area contributed by atoms with Crippen LogP contribution in [0.5, 0.6) is 0 Å². The molecule has 0 spiro atoms. The molecule has 6 heteroatoms. The van der Waals surface area contributed by atoms with Crippen LogP contribution in [0, 0.1) is 25.7 Å². The van der Waals surface area contributed by atoms with E-state index in [-0.39, 0.29) is 77.5 Å². The van der Waals surface area contributed by atoms with E-state index in [9.17, 15) is 4.79 Å². The predicted octanol–water partition coefficient (Wildman–Crippen LogP) is 3.18. The van der Waals surface area contributed by atoms with Crippen LogP contribution in [0.3, 0.4) is 0 Å². The molecule has 0 saturated heterocycles. The second kappa shape index (κ2) is 18.0. The summed E-state index contributed by atoms with van der Waals surface area (Å²) in [6.45, 7) is 14.2. The van der Waals surface area contributed by atoms with Gasteiger partial charge >= 0.3 is 5.97 Å². The average Bonchev–Trinajstić information content (AvgIpc) is 2.28. The van der Waals surface area contributed by atoms with Crippen LogP contribution in [0.4, 0.5) is 0 Å². The maximum Gasteiger partial charge on any atom is 0.303 e. The summed E-state index contributed by atoms with van der Waals surface area (Å²) in [7, 11) is 5.03. The summed E-state index contributed by atoms with van der Waals surface area (Å²) in [4.78, 5) is 18.5. The largest absolute Gasteiger partial charge is 0.545 e. The van der Waals surface area contributed by atoms with Gasteiger partial charge in [0.15, 0.2) is 0 Å². The third-order valence-corrected chi connectivity index (χ3v) is 1.97. The van der Waals surface area contributed by atoms with Crippen molar-refractivity contribution in [2.75, 3.05) is 0 Å². The van der Waals surface area contributed by atoms with Gasteiger partial charge in [-0.2, -0.15) is 51.0 Å². The minimum atomic E-state index is -0.249. The number of carbonyl (C=O) groups is 1. The van der Waals surface area contributed by atoms with Crippen molar-refractivity contribution >= 4 is 20.6 Å². The van der Waals surface area contributed by atoms with Crippen molar-refractivity contribution in [1.29, 1.82) is 0 Å². The summed E-state index contributed by atoms with van der Waals surface area (Å²) in [6.07, 6.45) is -0.181. The van der Waals surface area contributed by atoms with Crippen LogP contribution in [-0.4, -0.2) is 20.6 Å². The Morgan fingerprint density at radius 2 is 1.55 bits per heavy atom.